The molecule has 0 spiro atoms. The summed E-state index contributed by atoms with van der Waals surface area (Å²) in [6.45, 7) is 2.19. The molecule has 4 aliphatic heterocycles. The largest absolute Gasteiger partial charge is 0.454 e. The van der Waals surface area contributed by atoms with Gasteiger partial charge in [0.1, 0.15) is 36.0 Å². The number of amides is 6. The van der Waals surface area contributed by atoms with Crippen LogP contribution in [0.1, 0.15) is 38.7 Å². The average molecular weight is 788 g/mol. The fraction of sp³-hybridized carbons (Fsp3) is 0.576. The number of carbonyl (C=O) groups is 6. The molecule has 5 aliphatic rings. The summed E-state index contributed by atoms with van der Waals surface area (Å²) in [5, 5.41) is 9.61. The summed E-state index contributed by atoms with van der Waals surface area (Å²) < 4.78 is 71.6. The second-order valence-electron chi connectivity index (χ2n) is 13.2. The summed E-state index contributed by atoms with van der Waals surface area (Å²) in [4.78, 5) is 78.8. The Kier molecular flexibility index (Phi) is 11.6. The maximum atomic E-state index is 16.6. The molecule has 6 atom stereocenters. The number of allylic oxidation sites excluding steroid dienone is 1. The highest BCUT2D eigenvalue weighted by atomic mass is 32.2. The molecule has 1 aromatic rings. The van der Waals surface area contributed by atoms with E-state index in [1.54, 1.807) is 0 Å². The minimum Gasteiger partial charge on any atom is -0.454 e. The number of hydrogen-bond donors (Lipinski definition) is 5. The van der Waals surface area contributed by atoms with Crippen molar-refractivity contribution in [2.45, 2.75) is 86.5 Å². The molecule has 290 valence electrons. The zero-order valence-electron chi connectivity index (χ0n) is 29.3. The molecule has 2 saturated heterocycles. The van der Waals surface area contributed by atoms with Gasteiger partial charge >= 0.3 is 11.8 Å². The molecular formula is C33H41F4N7O7S2. The topological polar surface area (TPSA) is 192 Å². The third-order valence-electron chi connectivity index (χ3n) is 9.74. The van der Waals surface area contributed by atoms with Crippen LogP contribution in [0.25, 0.3) is 0 Å². The van der Waals surface area contributed by atoms with Crippen molar-refractivity contribution in [2.75, 3.05) is 32.1 Å². The molecule has 6 amide bonds. The Bertz CT molecular complexity index is 1700. The van der Waals surface area contributed by atoms with E-state index < -0.39 is 99.4 Å². The van der Waals surface area contributed by atoms with Crippen molar-refractivity contribution in [1.29, 1.82) is 0 Å². The SMILES string of the molecule is CSC12C3=C(Oc4ccc(cc4)CCC(=O)N4CCCC4C(=O)NC(CS3)C(=O)N[C@@H](CN)C(=O)N[C@@H](C)C(=O)NC(C)C(=O)N1C)C(F)(F)C2(F)F. The molecule has 14 nitrogen and oxygen atoms in total. The van der Waals surface area contributed by atoms with Crippen LogP contribution in [0, 0.1) is 0 Å². The quantitative estimate of drug-likeness (QED) is 0.267. The van der Waals surface area contributed by atoms with Crippen LogP contribution in [0.15, 0.2) is 34.9 Å². The molecular weight excluding hydrogens is 747 g/mol. The number of hydrogen-bond acceptors (Lipinski definition) is 10. The molecule has 4 heterocycles. The first kappa shape index (κ1) is 40.2. The number of fused-ring (bicyclic) bond motifs is 5. The number of thioether (sulfide) groups is 2. The van der Waals surface area contributed by atoms with E-state index in [4.69, 9.17) is 10.5 Å². The summed E-state index contributed by atoms with van der Waals surface area (Å²) in [5.41, 5.74) is 6.39. The molecule has 2 fully saturated rings. The highest BCUT2D eigenvalue weighted by molar-refractivity contribution is 8.06. The number of aryl methyl sites for hydroxylation is 1. The molecule has 20 heteroatoms. The Hall–Kier alpha value is -4.04. The average Bonchev–Trinajstić information content (AvgIpc) is 3.66. The van der Waals surface area contributed by atoms with Gasteiger partial charge in [-0.3, -0.25) is 28.8 Å². The van der Waals surface area contributed by atoms with E-state index in [1.807, 2.05) is 0 Å². The lowest BCUT2D eigenvalue weighted by atomic mass is 10.1. The van der Waals surface area contributed by atoms with Gasteiger partial charge in [-0.1, -0.05) is 12.1 Å². The third-order valence-corrected chi connectivity index (χ3v) is 12.5. The van der Waals surface area contributed by atoms with Crippen LogP contribution in [0.4, 0.5) is 17.6 Å². The van der Waals surface area contributed by atoms with Crippen LogP contribution in [0.5, 0.6) is 5.75 Å². The molecule has 1 aromatic carbocycles. The fourth-order valence-electron chi connectivity index (χ4n) is 6.71. The molecule has 4 bridgehead atoms. The van der Waals surface area contributed by atoms with Gasteiger partial charge in [0.25, 0.3) is 0 Å². The van der Waals surface area contributed by atoms with Crippen molar-refractivity contribution in [3.05, 3.63) is 40.5 Å². The van der Waals surface area contributed by atoms with E-state index in [1.165, 1.54) is 43.0 Å². The van der Waals surface area contributed by atoms with Gasteiger partial charge in [-0.25, -0.2) is 0 Å². The number of nitrogens with two attached hydrogens (primary N) is 1. The normalized spacial score (nSPS) is 31.4. The number of alkyl halides is 4. The first-order valence-electron chi connectivity index (χ1n) is 16.9. The monoisotopic (exact) mass is 787 g/mol. The molecule has 6 N–H and O–H groups in total. The first-order valence-corrected chi connectivity index (χ1v) is 19.1. The van der Waals surface area contributed by atoms with E-state index in [9.17, 15) is 28.8 Å². The summed E-state index contributed by atoms with van der Waals surface area (Å²) in [5.74, 6) is -17.7. The minimum atomic E-state index is -5.05. The Balaban J connectivity index is 1.72. The van der Waals surface area contributed by atoms with Crippen molar-refractivity contribution in [2.24, 2.45) is 5.73 Å². The Morgan fingerprint density at radius 1 is 0.906 bits per heavy atom. The summed E-state index contributed by atoms with van der Waals surface area (Å²) >= 11 is 0.548. The first-order chi connectivity index (χ1) is 24.9. The lowest BCUT2D eigenvalue weighted by molar-refractivity contribution is -0.214. The number of nitrogens with one attached hydrogen (secondary N) is 4. The number of benzene rings is 1. The molecule has 0 radical (unpaired) electrons. The lowest BCUT2D eigenvalue weighted by Crippen LogP contribution is -2.65. The van der Waals surface area contributed by atoms with Gasteiger partial charge in [-0.2, -0.15) is 17.6 Å². The van der Waals surface area contributed by atoms with Gasteiger partial charge in [0.2, 0.25) is 35.4 Å². The van der Waals surface area contributed by atoms with Crippen LogP contribution in [-0.2, 0) is 35.2 Å². The van der Waals surface area contributed by atoms with Crippen LogP contribution in [-0.4, -0.2) is 124 Å². The fourth-order valence-corrected chi connectivity index (χ4v) is 9.49. The minimum absolute atomic E-state index is 0.0125. The van der Waals surface area contributed by atoms with Crippen LogP contribution in [0.2, 0.25) is 0 Å². The van der Waals surface area contributed by atoms with Crippen molar-refractivity contribution in [3.8, 4) is 5.75 Å². The molecule has 53 heavy (non-hydrogen) atoms. The zero-order valence-corrected chi connectivity index (χ0v) is 30.9. The number of ether oxygens (including phenoxy) is 1. The second-order valence-corrected chi connectivity index (χ2v) is 15.2. The highest BCUT2D eigenvalue weighted by Crippen LogP contribution is 2.65. The van der Waals surface area contributed by atoms with Gasteiger partial charge in [0, 0.05) is 32.3 Å². The van der Waals surface area contributed by atoms with Gasteiger partial charge < -0.3 is 41.5 Å². The third kappa shape index (κ3) is 7.16. The summed E-state index contributed by atoms with van der Waals surface area (Å²) in [6.07, 6.45) is 2.00. The number of nitrogens with zero attached hydrogens (tertiary/aromatic N) is 2. The number of likely N-dealkylation sites (N-methyl/N-ethyl adjacent to an activating group) is 1. The highest BCUT2D eigenvalue weighted by Gasteiger charge is 2.81. The van der Waals surface area contributed by atoms with Crippen LogP contribution >= 0.6 is 23.5 Å². The van der Waals surface area contributed by atoms with Gasteiger partial charge in [-0.15, -0.1) is 23.5 Å². The van der Waals surface area contributed by atoms with E-state index in [2.05, 4.69) is 21.3 Å². The van der Waals surface area contributed by atoms with Crippen molar-refractivity contribution in [3.63, 3.8) is 0 Å². The smallest absolute Gasteiger partial charge is 0.371 e. The predicted octanol–water partition coefficient (Wildman–Crippen LogP) is 0.701. The summed E-state index contributed by atoms with van der Waals surface area (Å²) in [7, 11) is 0.886. The molecule has 0 aromatic heterocycles. The zero-order chi connectivity index (χ0) is 39.0. The maximum Gasteiger partial charge on any atom is 0.371 e. The maximum absolute atomic E-state index is 16.6. The predicted molar refractivity (Wildman–Crippen MR) is 187 cm³/mol. The lowest BCUT2D eigenvalue weighted by Gasteiger charge is -2.44. The Morgan fingerprint density at radius 3 is 2.21 bits per heavy atom. The van der Waals surface area contributed by atoms with Crippen LogP contribution < -0.4 is 31.7 Å². The van der Waals surface area contributed by atoms with Gasteiger partial charge in [0.15, 0.2) is 10.6 Å². The van der Waals surface area contributed by atoms with Crippen LogP contribution in [0.3, 0.4) is 0 Å². The Labute approximate surface area is 311 Å². The molecule has 6 rings (SSSR count). The number of rotatable bonds is 2. The number of carbonyl (C=O) groups excluding carboxylic acids is 6. The van der Waals surface area contributed by atoms with E-state index in [0.29, 0.717) is 28.6 Å². The van der Waals surface area contributed by atoms with Crippen molar-refractivity contribution < 1.29 is 51.1 Å². The number of halogens is 4. The molecule has 0 saturated carbocycles. The summed E-state index contributed by atoms with van der Waals surface area (Å²) in [6, 6.07) is -1.52. The van der Waals surface area contributed by atoms with E-state index in [-0.39, 0.29) is 49.2 Å². The second kappa shape index (κ2) is 15.4. The van der Waals surface area contributed by atoms with E-state index >= 15 is 17.6 Å². The molecule has 1 aliphatic carbocycles. The van der Waals surface area contributed by atoms with Crippen molar-refractivity contribution in [1.82, 2.24) is 31.1 Å². The van der Waals surface area contributed by atoms with Gasteiger partial charge in [0.05, 0.1) is 4.91 Å². The van der Waals surface area contributed by atoms with Crippen molar-refractivity contribution >= 4 is 59.0 Å². The van der Waals surface area contributed by atoms with Gasteiger partial charge in [-0.05, 0) is 57.1 Å². The Morgan fingerprint density at radius 2 is 1.57 bits per heavy atom. The molecule has 4 unspecified atom stereocenters. The van der Waals surface area contributed by atoms with E-state index in [0.717, 1.165) is 13.3 Å². The standard InChI is InChI=1S/C33H41F4N7O7S2/c1-16-26(46)40-17(2)30(50)43(3)32(52-4)25-24(31(34,35)33(32,36)37)51-19-10-7-18(8-11-19)9-12-23(45)44-13-5-6-22(44)29(49)42-21(15-53-25)28(48)41-20(14-38)27(47)39-16/h7-8,10-11,16-17,20-22H,5-6,9,12-15,38H2,1-4H3,(H,39,47)(H,40,46)(H,41,48)(H,42,49)/t16-,17?,20-,21?,22?,32?/m0/s1.